The highest BCUT2D eigenvalue weighted by Gasteiger charge is 2.35. The van der Waals surface area contributed by atoms with Gasteiger partial charge in [0.25, 0.3) is 5.56 Å². The van der Waals surface area contributed by atoms with Crippen molar-refractivity contribution in [3.8, 4) is 11.1 Å². The van der Waals surface area contributed by atoms with E-state index in [1.165, 1.54) is 11.8 Å². The van der Waals surface area contributed by atoms with Crippen molar-refractivity contribution in [1.82, 2.24) is 14.3 Å². The summed E-state index contributed by atoms with van der Waals surface area (Å²) in [5.74, 6) is 1.68. The fraction of sp³-hybridized carbons (Fsp3) is 0.481. The van der Waals surface area contributed by atoms with E-state index >= 15 is 0 Å². The molecule has 0 amide bonds. The van der Waals surface area contributed by atoms with Crippen molar-refractivity contribution >= 4 is 5.65 Å². The van der Waals surface area contributed by atoms with Gasteiger partial charge in [-0.2, -0.15) is 13.2 Å². The summed E-state index contributed by atoms with van der Waals surface area (Å²) in [6.07, 6.45) is 2.63. The van der Waals surface area contributed by atoms with Crippen LogP contribution in [0.1, 0.15) is 62.1 Å². The van der Waals surface area contributed by atoms with E-state index in [1.54, 1.807) is 6.20 Å². The lowest BCUT2D eigenvalue weighted by Gasteiger charge is -2.33. The molecule has 3 aromatic rings. The Labute approximate surface area is 197 Å². The molecule has 180 valence electrons. The van der Waals surface area contributed by atoms with Crippen LogP contribution < -0.4 is 5.56 Å². The van der Waals surface area contributed by atoms with Crippen LogP contribution in [0, 0.1) is 11.8 Å². The van der Waals surface area contributed by atoms with Crippen molar-refractivity contribution in [2.45, 2.75) is 58.2 Å². The van der Waals surface area contributed by atoms with Gasteiger partial charge in [0.05, 0.1) is 11.1 Å². The highest BCUT2D eigenvalue weighted by atomic mass is 19.4. The minimum Gasteiger partial charge on any atom is -0.299 e. The van der Waals surface area contributed by atoms with Gasteiger partial charge in [-0.25, -0.2) is 4.98 Å². The zero-order valence-electron chi connectivity index (χ0n) is 19.6. The molecule has 0 bridgehead atoms. The molecule has 7 heteroatoms. The largest absolute Gasteiger partial charge is 0.419 e. The summed E-state index contributed by atoms with van der Waals surface area (Å²) in [4.78, 5) is 19.8. The third kappa shape index (κ3) is 4.50. The summed E-state index contributed by atoms with van der Waals surface area (Å²) in [7, 11) is 0. The van der Waals surface area contributed by atoms with Gasteiger partial charge in [0.15, 0.2) is 5.65 Å². The first-order valence-corrected chi connectivity index (χ1v) is 12.1. The number of hydrogen-bond acceptors (Lipinski definition) is 3. The summed E-state index contributed by atoms with van der Waals surface area (Å²) in [5.41, 5.74) is 0.993. The lowest BCUT2D eigenvalue weighted by atomic mass is 9.72. The number of rotatable bonds is 4. The minimum absolute atomic E-state index is 0.323. The molecule has 34 heavy (non-hydrogen) atoms. The molecule has 2 aromatic heterocycles. The van der Waals surface area contributed by atoms with Gasteiger partial charge in [-0.1, -0.05) is 38.1 Å². The van der Waals surface area contributed by atoms with E-state index in [0.717, 1.165) is 49.2 Å². The number of fused-ring (bicyclic) bond motifs is 1. The lowest BCUT2D eigenvalue weighted by molar-refractivity contribution is -0.136. The smallest absolute Gasteiger partial charge is 0.299 e. The molecule has 1 aliphatic heterocycles. The van der Waals surface area contributed by atoms with Crippen molar-refractivity contribution in [1.29, 1.82) is 0 Å². The Morgan fingerprint density at radius 3 is 2.62 bits per heavy atom. The van der Waals surface area contributed by atoms with Gasteiger partial charge in [-0.05, 0) is 72.7 Å². The molecule has 1 atom stereocenters. The summed E-state index contributed by atoms with van der Waals surface area (Å²) in [6, 6.07) is 8.95. The molecule has 5 rings (SSSR count). The van der Waals surface area contributed by atoms with Gasteiger partial charge in [-0.15, -0.1) is 0 Å². The van der Waals surface area contributed by atoms with Gasteiger partial charge >= 0.3 is 6.18 Å². The average Bonchev–Trinajstić information content (AvgIpc) is 2.76. The summed E-state index contributed by atoms with van der Waals surface area (Å²) in [6.45, 7) is 6.46. The summed E-state index contributed by atoms with van der Waals surface area (Å²) < 4.78 is 42.9. The molecule has 0 spiro atoms. The predicted octanol–water partition coefficient (Wildman–Crippen LogP) is 6.13. The second-order valence-electron chi connectivity index (χ2n) is 10.3. The average molecular weight is 470 g/mol. The second kappa shape index (κ2) is 8.84. The van der Waals surface area contributed by atoms with Crippen LogP contribution in [0.15, 0.2) is 47.5 Å². The number of hydrogen-bond donors (Lipinski definition) is 0. The molecule has 1 saturated heterocycles. The van der Waals surface area contributed by atoms with Crippen LogP contribution in [-0.2, 0) is 12.7 Å². The summed E-state index contributed by atoms with van der Waals surface area (Å²) >= 11 is 0. The number of likely N-dealkylation sites (tertiary alicyclic amines) is 1. The van der Waals surface area contributed by atoms with Crippen molar-refractivity contribution < 1.29 is 13.2 Å². The monoisotopic (exact) mass is 469 g/mol. The maximum atomic E-state index is 13.9. The SMILES string of the molecule is C[C@H]1CCCN(Cc2cc(C(F)(F)F)c3ncc(-c4cccc([C@H]5C[C@@H](C)C5)c4)c(=O)n3c2)C1. The Hall–Kier alpha value is -2.67. The van der Waals surface area contributed by atoms with Crippen LogP contribution in [0.2, 0.25) is 0 Å². The van der Waals surface area contributed by atoms with E-state index in [2.05, 4.69) is 29.8 Å². The fourth-order valence-corrected chi connectivity index (χ4v) is 5.56. The van der Waals surface area contributed by atoms with Crippen molar-refractivity contribution in [2.24, 2.45) is 11.8 Å². The van der Waals surface area contributed by atoms with Gasteiger partial charge in [0.2, 0.25) is 0 Å². The number of aromatic nitrogens is 2. The molecule has 1 saturated carbocycles. The summed E-state index contributed by atoms with van der Waals surface area (Å²) in [5, 5.41) is 0. The normalized spacial score (nSPS) is 23.7. The van der Waals surface area contributed by atoms with Crippen LogP contribution in [0.3, 0.4) is 0 Å². The highest BCUT2D eigenvalue weighted by molar-refractivity contribution is 5.65. The molecule has 4 nitrogen and oxygen atoms in total. The van der Waals surface area contributed by atoms with Crippen LogP contribution in [0.4, 0.5) is 13.2 Å². The molecular formula is C27H30F3N3O. The van der Waals surface area contributed by atoms with Crippen LogP contribution in [-0.4, -0.2) is 27.4 Å². The Morgan fingerprint density at radius 2 is 1.91 bits per heavy atom. The molecule has 0 radical (unpaired) electrons. The van der Waals surface area contributed by atoms with E-state index in [9.17, 15) is 18.0 Å². The van der Waals surface area contributed by atoms with Gasteiger partial charge in [0.1, 0.15) is 0 Å². The van der Waals surface area contributed by atoms with E-state index in [-0.39, 0.29) is 5.65 Å². The Bertz CT molecular complexity index is 1260. The van der Waals surface area contributed by atoms with Gasteiger partial charge < -0.3 is 0 Å². The first-order valence-electron chi connectivity index (χ1n) is 12.1. The van der Waals surface area contributed by atoms with Crippen molar-refractivity contribution in [3.05, 3.63) is 69.8 Å². The molecule has 2 aliphatic rings. The van der Waals surface area contributed by atoms with Crippen molar-refractivity contribution in [3.63, 3.8) is 0 Å². The molecule has 0 unspecified atom stereocenters. The van der Waals surface area contributed by atoms with Gasteiger partial charge in [0, 0.05) is 25.5 Å². The topological polar surface area (TPSA) is 37.6 Å². The molecule has 1 aromatic carbocycles. The number of halogens is 3. The van der Waals surface area contributed by atoms with Crippen molar-refractivity contribution in [2.75, 3.05) is 13.1 Å². The first kappa shape index (κ1) is 23.1. The number of nitrogens with zero attached hydrogens (tertiary/aromatic N) is 3. The Morgan fingerprint density at radius 1 is 1.12 bits per heavy atom. The Kier molecular flexibility index (Phi) is 6.00. The lowest BCUT2D eigenvalue weighted by Crippen LogP contribution is -2.34. The third-order valence-corrected chi connectivity index (χ3v) is 7.35. The molecule has 2 fully saturated rings. The predicted molar refractivity (Wildman–Crippen MR) is 127 cm³/mol. The van der Waals surface area contributed by atoms with Crippen LogP contribution in [0.5, 0.6) is 0 Å². The Balaban J connectivity index is 1.57. The van der Waals surface area contributed by atoms with E-state index < -0.39 is 17.3 Å². The number of benzene rings is 1. The van der Waals surface area contributed by atoms with E-state index in [1.807, 2.05) is 18.2 Å². The van der Waals surface area contributed by atoms with Gasteiger partial charge in [-0.3, -0.25) is 14.1 Å². The van der Waals surface area contributed by atoms with E-state index in [4.69, 9.17) is 0 Å². The number of pyridine rings is 1. The fourth-order valence-electron chi connectivity index (χ4n) is 5.56. The first-order chi connectivity index (χ1) is 16.2. The standard InChI is InChI=1S/C27H30F3N3O/c1-17-5-4-8-32(14-17)15-19-11-24(27(28,29)30)25-31-13-23(26(34)33(25)16-19)21-7-3-6-20(12-21)22-9-18(2)10-22/h3,6-7,11-13,16-18,22H,4-5,8-10,14-15H2,1-2H3/t17-,18-,22+/m0/s1. The molecule has 1 aliphatic carbocycles. The number of piperidine rings is 1. The quantitative estimate of drug-likeness (QED) is 0.462. The van der Waals surface area contributed by atoms with E-state index in [0.29, 0.717) is 41.0 Å². The molecule has 0 N–H and O–H groups in total. The minimum atomic E-state index is -4.60. The molecule has 3 heterocycles. The highest BCUT2D eigenvalue weighted by Crippen LogP contribution is 2.42. The second-order valence-corrected chi connectivity index (χ2v) is 10.3. The van der Waals surface area contributed by atoms with Crippen LogP contribution >= 0.6 is 0 Å². The van der Waals surface area contributed by atoms with Crippen LogP contribution in [0.25, 0.3) is 16.8 Å². The third-order valence-electron chi connectivity index (χ3n) is 7.35. The maximum absolute atomic E-state index is 13.9. The zero-order chi connectivity index (χ0) is 24.0. The maximum Gasteiger partial charge on any atom is 0.419 e. The number of alkyl halides is 3. The zero-order valence-corrected chi connectivity index (χ0v) is 19.6. The molecular weight excluding hydrogens is 439 g/mol.